The normalized spacial score (nSPS) is 20.3. The van der Waals surface area contributed by atoms with Gasteiger partial charge in [0.25, 0.3) is 5.69 Å². The van der Waals surface area contributed by atoms with Crippen LogP contribution in [0.25, 0.3) is 0 Å². The van der Waals surface area contributed by atoms with Gasteiger partial charge in [0.2, 0.25) is 5.91 Å². The van der Waals surface area contributed by atoms with Crippen molar-refractivity contribution >= 4 is 17.6 Å². The van der Waals surface area contributed by atoms with Crippen LogP contribution in [0.1, 0.15) is 41.3 Å². The first-order chi connectivity index (χ1) is 10.1. The number of nitro benzene ring substituents is 1. The highest BCUT2D eigenvalue weighted by Gasteiger charge is 2.35. The van der Waals surface area contributed by atoms with Crippen LogP contribution in [0.4, 0.5) is 5.69 Å². The maximum atomic E-state index is 12.1. The Morgan fingerprint density at radius 2 is 2.10 bits per heavy atom. The Morgan fingerprint density at radius 1 is 1.38 bits per heavy atom. The van der Waals surface area contributed by atoms with Crippen LogP contribution in [-0.2, 0) is 9.53 Å². The minimum atomic E-state index is -0.638. The van der Waals surface area contributed by atoms with Crippen LogP contribution in [0.15, 0.2) is 18.2 Å². The van der Waals surface area contributed by atoms with Gasteiger partial charge in [-0.2, -0.15) is 0 Å². The summed E-state index contributed by atoms with van der Waals surface area (Å²) in [5, 5.41) is 10.7. The van der Waals surface area contributed by atoms with Crippen molar-refractivity contribution in [1.29, 1.82) is 0 Å². The van der Waals surface area contributed by atoms with E-state index in [9.17, 15) is 19.7 Å². The van der Waals surface area contributed by atoms with Crippen LogP contribution >= 0.6 is 0 Å². The first-order valence-electron chi connectivity index (χ1n) is 6.83. The number of benzene rings is 1. The molecule has 0 N–H and O–H groups in total. The predicted molar refractivity (Wildman–Crippen MR) is 71.7 cm³/mol. The molecule has 7 heteroatoms. The summed E-state index contributed by atoms with van der Waals surface area (Å²) >= 11 is 0. The molecule has 2 aliphatic heterocycles. The summed E-state index contributed by atoms with van der Waals surface area (Å²) < 4.78 is 5.19. The number of hydrogen-bond acceptors (Lipinski definition) is 5. The molecule has 2 aliphatic rings. The lowest BCUT2D eigenvalue weighted by Gasteiger charge is -2.17. The topological polar surface area (TPSA) is 89.8 Å². The molecule has 1 fully saturated rings. The van der Waals surface area contributed by atoms with E-state index in [4.69, 9.17) is 4.74 Å². The summed E-state index contributed by atoms with van der Waals surface area (Å²) in [5.74, 6) is -0.649. The molecule has 0 saturated carbocycles. The Hall–Kier alpha value is -2.44. The molecule has 21 heavy (non-hydrogen) atoms. The van der Waals surface area contributed by atoms with Crippen LogP contribution in [0.5, 0.6) is 0 Å². The van der Waals surface area contributed by atoms with E-state index in [2.05, 4.69) is 0 Å². The maximum absolute atomic E-state index is 12.1. The van der Waals surface area contributed by atoms with Crippen molar-refractivity contribution in [3.8, 4) is 0 Å². The molecule has 0 radical (unpaired) electrons. The number of likely N-dealkylation sites (tertiary alicyclic amines) is 1. The van der Waals surface area contributed by atoms with Crippen LogP contribution in [0.3, 0.4) is 0 Å². The van der Waals surface area contributed by atoms with Crippen LogP contribution in [-0.4, -0.2) is 34.8 Å². The SMILES string of the molecule is O=C1O[C@@H](CC(=O)N2CCCC2)c2ccc([N+](=O)[O-])cc21. The van der Waals surface area contributed by atoms with Gasteiger partial charge in [-0.15, -0.1) is 0 Å². The molecule has 1 amide bonds. The second-order valence-corrected chi connectivity index (χ2v) is 5.21. The number of fused-ring (bicyclic) bond motifs is 1. The summed E-state index contributed by atoms with van der Waals surface area (Å²) in [4.78, 5) is 35.8. The van der Waals surface area contributed by atoms with Gasteiger partial charge in [0, 0.05) is 30.8 Å². The van der Waals surface area contributed by atoms with Gasteiger partial charge in [0.1, 0.15) is 6.10 Å². The zero-order chi connectivity index (χ0) is 15.0. The monoisotopic (exact) mass is 290 g/mol. The lowest BCUT2D eigenvalue weighted by Crippen LogP contribution is -2.28. The molecule has 110 valence electrons. The molecule has 7 nitrogen and oxygen atoms in total. The van der Waals surface area contributed by atoms with E-state index in [0.717, 1.165) is 25.9 Å². The van der Waals surface area contributed by atoms with E-state index in [0.29, 0.717) is 5.56 Å². The van der Waals surface area contributed by atoms with Crippen molar-refractivity contribution in [2.45, 2.75) is 25.4 Å². The van der Waals surface area contributed by atoms with E-state index in [1.54, 1.807) is 4.90 Å². The molecule has 0 aliphatic carbocycles. The largest absolute Gasteiger partial charge is 0.453 e. The third-order valence-electron chi connectivity index (χ3n) is 3.88. The average molecular weight is 290 g/mol. The van der Waals surface area contributed by atoms with E-state index >= 15 is 0 Å². The number of rotatable bonds is 3. The van der Waals surface area contributed by atoms with Crippen molar-refractivity contribution in [3.63, 3.8) is 0 Å². The Labute approximate surface area is 120 Å². The number of nitrogens with zero attached hydrogens (tertiary/aromatic N) is 2. The van der Waals surface area contributed by atoms with Crippen LogP contribution in [0.2, 0.25) is 0 Å². The lowest BCUT2D eigenvalue weighted by atomic mass is 10.0. The highest BCUT2D eigenvalue weighted by Crippen LogP contribution is 2.35. The summed E-state index contributed by atoms with van der Waals surface area (Å²) in [7, 11) is 0. The highest BCUT2D eigenvalue weighted by atomic mass is 16.6. The van der Waals surface area contributed by atoms with Gasteiger partial charge in [-0.25, -0.2) is 4.79 Å². The van der Waals surface area contributed by atoms with Gasteiger partial charge in [-0.1, -0.05) is 0 Å². The summed E-state index contributed by atoms with van der Waals surface area (Å²) in [5.41, 5.74) is 0.582. The van der Waals surface area contributed by atoms with Gasteiger partial charge in [-0.05, 0) is 18.9 Å². The zero-order valence-electron chi connectivity index (χ0n) is 11.3. The minimum Gasteiger partial charge on any atom is -0.453 e. The first-order valence-corrected chi connectivity index (χ1v) is 6.83. The molecule has 3 rings (SSSR count). The minimum absolute atomic E-state index is 0.0449. The molecule has 0 spiro atoms. The van der Waals surface area contributed by atoms with Crippen molar-refractivity contribution in [2.75, 3.05) is 13.1 Å². The van der Waals surface area contributed by atoms with Crippen molar-refractivity contribution in [3.05, 3.63) is 39.4 Å². The smallest absolute Gasteiger partial charge is 0.339 e. The number of non-ortho nitro benzene ring substituents is 1. The Balaban J connectivity index is 1.80. The number of esters is 1. The third kappa shape index (κ3) is 2.46. The van der Waals surface area contributed by atoms with Gasteiger partial charge in [0.15, 0.2) is 0 Å². The molecular weight excluding hydrogens is 276 g/mol. The van der Waals surface area contributed by atoms with E-state index in [1.807, 2.05) is 0 Å². The number of nitro groups is 1. The van der Waals surface area contributed by atoms with E-state index in [1.165, 1.54) is 18.2 Å². The van der Waals surface area contributed by atoms with Crippen molar-refractivity contribution < 1.29 is 19.2 Å². The number of carbonyl (C=O) groups excluding carboxylic acids is 2. The average Bonchev–Trinajstić information content (AvgIpc) is 3.08. The second-order valence-electron chi connectivity index (χ2n) is 5.21. The molecule has 1 saturated heterocycles. The fourth-order valence-electron chi connectivity index (χ4n) is 2.78. The van der Waals surface area contributed by atoms with Crippen LogP contribution in [0, 0.1) is 10.1 Å². The first kappa shape index (κ1) is 13.5. The predicted octanol–water partition coefficient (Wildman–Crippen LogP) is 1.82. The fourth-order valence-corrected chi connectivity index (χ4v) is 2.78. The van der Waals surface area contributed by atoms with Gasteiger partial charge in [-0.3, -0.25) is 14.9 Å². The summed E-state index contributed by atoms with van der Waals surface area (Å²) in [6.07, 6.45) is 1.45. The van der Waals surface area contributed by atoms with Crippen molar-refractivity contribution in [2.24, 2.45) is 0 Å². The van der Waals surface area contributed by atoms with Gasteiger partial charge in [0.05, 0.1) is 16.9 Å². The van der Waals surface area contributed by atoms with E-state index in [-0.39, 0.29) is 23.6 Å². The standard InChI is InChI=1S/C14H14N2O5/c17-13(15-5-1-2-6-15)8-12-10-4-3-9(16(19)20)7-11(10)14(18)21-12/h3-4,7,12H,1-2,5-6,8H2/t12-/m0/s1. The number of carbonyl (C=O) groups is 2. The number of hydrogen-bond donors (Lipinski definition) is 0. The summed E-state index contributed by atoms with van der Waals surface area (Å²) in [6, 6.07) is 4.03. The molecule has 0 bridgehead atoms. The number of amides is 1. The van der Waals surface area contributed by atoms with Crippen LogP contribution < -0.4 is 0 Å². The number of cyclic esters (lactones) is 1. The molecule has 1 aromatic carbocycles. The Bertz CT molecular complexity index is 622. The molecule has 0 aromatic heterocycles. The zero-order valence-corrected chi connectivity index (χ0v) is 11.3. The maximum Gasteiger partial charge on any atom is 0.339 e. The molecule has 1 aromatic rings. The molecule has 0 unspecified atom stereocenters. The quantitative estimate of drug-likeness (QED) is 0.481. The third-order valence-corrected chi connectivity index (χ3v) is 3.88. The lowest BCUT2D eigenvalue weighted by molar-refractivity contribution is -0.384. The molecule has 1 atom stereocenters. The van der Waals surface area contributed by atoms with Crippen molar-refractivity contribution in [1.82, 2.24) is 4.90 Å². The highest BCUT2D eigenvalue weighted by molar-refractivity contribution is 5.95. The molecule has 2 heterocycles. The van der Waals surface area contributed by atoms with Gasteiger partial charge < -0.3 is 9.64 Å². The molecular formula is C14H14N2O5. The summed E-state index contributed by atoms with van der Waals surface area (Å²) in [6.45, 7) is 1.49. The fraction of sp³-hybridized carbons (Fsp3) is 0.429. The Kier molecular flexibility index (Phi) is 3.32. The number of ether oxygens (including phenoxy) is 1. The second kappa shape index (κ2) is 5.16. The van der Waals surface area contributed by atoms with E-state index < -0.39 is 17.0 Å². The Morgan fingerprint density at radius 3 is 2.76 bits per heavy atom. The van der Waals surface area contributed by atoms with Gasteiger partial charge >= 0.3 is 5.97 Å².